The topological polar surface area (TPSA) is 88.9 Å². The molecule has 1 heterocycles. The fraction of sp³-hybridized carbons (Fsp3) is 0.778. The molecule has 0 spiro atoms. The van der Waals surface area contributed by atoms with Crippen LogP contribution in [0.5, 0.6) is 0 Å². The molecule has 1 fully saturated rings. The van der Waals surface area contributed by atoms with Gasteiger partial charge in [0.05, 0.1) is 0 Å². The molecule has 0 unspecified atom stereocenters. The van der Waals surface area contributed by atoms with Crippen LogP contribution in [0.3, 0.4) is 0 Å². The van der Waals surface area contributed by atoms with Gasteiger partial charge in [0.1, 0.15) is 0 Å². The summed E-state index contributed by atoms with van der Waals surface area (Å²) in [5.41, 5.74) is 0. The molecule has 1 aliphatic carbocycles. The predicted octanol–water partition coefficient (Wildman–Crippen LogP) is -0.00200. The number of aromatic nitrogens is 3. The Bertz CT molecular complexity index is 492. The minimum Gasteiger partial charge on any atom is -0.314 e. The van der Waals surface area contributed by atoms with E-state index in [9.17, 15) is 8.42 Å². The maximum Gasteiger partial charge on any atom is 0.260 e. The number of halogens is 1. The molecule has 0 aliphatic heterocycles. The van der Waals surface area contributed by atoms with Crippen molar-refractivity contribution >= 4 is 26.0 Å². The molecular weight excluding hydrogens is 322 g/mol. The number of hydrogen-bond acceptors (Lipinski definition) is 5. The Morgan fingerprint density at radius 3 is 2.72 bits per heavy atom. The lowest BCUT2D eigenvalue weighted by atomic mass is 10.4. The Hall–Kier alpha value is -0.510. The van der Waals surface area contributed by atoms with Gasteiger partial charge in [0.15, 0.2) is 4.60 Å². The predicted molar refractivity (Wildman–Crippen MR) is 69.5 cm³/mol. The van der Waals surface area contributed by atoms with Gasteiger partial charge >= 0.3 is 0 Å². The normalized spacial score (nSPS) is 16.1. The van der Waals surface area contributed by atoms with Crippen molar-refractivity contribution in [2.75, 3.05) is 13.1 Å². The quantitative estimate of drug-likeness (QED) is 0.683. The second-order valence-electron chi connectivity index (χ2n) is 4.29. The smallest absolute Gasteiger partial charge is 0.260 e. The van der Waals surface area contributed by atoms with Gasteiger partial charge in [-0.15, -0.1) is 5.10 Å². The molecule has 0 radical (unpaired) electrons. The molecule has 0 aromatic carbocycles. The van der Waals surface area contributed by atoms with Crippen molar-refractivity contribution in [2.45, 2.75) is 30.3 Å². The first-order valence-corrected chi connectivity index (χ1v) is 8.06. The van der Waals surface area contributed by atoms with Crippen molar-refractivity contribution in [1.29, 1.82) is 0 Å². The van der Waals surface area contributed by atoms with Crippen LogP contribution in [0.25, 0.3) is 0 Å². The van der Waals surface area contributed by atoms with Gasteiger partial charge in [-0.3, -0.25) is 0 Å². The average molecular weight is 338 g/mol. The lowest BCUT2D eigenvalue weighted by Crippen LogP contribution is -2.29. The largest absolute Gasteiger partial charge is 0.314 e. The molecule has 0 saturated heterocycles. The fourth-order valence-corrected chi connectivity index (χ4v) is 3.73. The zero-order valence-electron chi connectivity index (χ0n) is 10.1. The van der Waals surface area contributed by atoms with Crippen molar-refractivity contribution in [3.8, 4) is 0 Å². The summed E-state index contributed by atoms with van der Waals surface area (Å²) in [4.78, 5) is 0. The first-order valence-electron chi connectivity index (χ1n) is 5.79. The number of nitrogens with one attached hydrogen (secondary N) is 2. The SMILES string of the molecule is Cn1nnc(Br)c1S(=O)(=O)NCCCNC1CC1. The highest BCUT2D eigenvalue weighted by atomic mass is 79.9. The third-order valence-corrected chi connectivity index (χ3v) is 5.00. The third kappa shape index (κ3) is 3.50. The van der Waals surface area contributed by atoms with Gasteiger partial charge in [-0.05, 0) is 41.7 Å². The molecule has 9 heteroatoms. The molecule has 1 aliphatic rings. The summed E-state index contributed by atoms with van der Waals surface area (Å²) in [6.07, 6.45) is 3.23. The van der Waals surface area contributed by atoms with Crippen molar-refractivity contribution in [2.24, 2.45) is 7.05 Å². The molecule has 18 heavy (non-hydrogen) atoms. The van der Waals surface area contributed by atoms with Crippen LogP contribution in [0.15, 0.2) is 9.63 Å². The van der Waals surface area contributed by atoms with E-state index in [0.717, 1.165) is 13.0 Å². The lowest BCUT2D eigenvalue weighted by molar-refractivity contribution is 0.555. The van der Waals surface area contributed by atoms with Crippen LogP contribution < -0.4 is 10.0 Å². The summed E-state index contributed by atoms with van der Waals surface area (Å²) in [6, 6.07) is 0.650. The van der Waals surface area contributed by atoms with Gasteiger partial charge < -0.3 is 5.32 Å². The Morgan fingerprint density at radius 1 is 1.44 bits per heavy atom. The Labute approximate surface area is 115 Å². The minimum absolute atomic E-state index is 0.0534. The lowest BCUT2D eigenvalue weighted by Gasteiger charge is -2.07. The second kappa shape index (κ2) is 5.64. The molecule has 0 bridgehead atoms. The molecule has 7 nitrogen and oxygen atoms in total. The number of sulfonamides is 1. The number of rotatable bonds is 7. The first kappa shape index (κ1) is 13.9. The van der Waals surface area contributed by atoms with E-state index >= 15 is 0 Å². The van der Waals surface area contributed by atoms with Gasteiger partial charge in [-0.1, -0.05) is 5.21 Å². The van der Waals surface area contributed by atoms with Crippen LogP contribution in [-0.2, 0) is 17.1 Å². The standard InChI is InChI=1S/C9H16BrN5O2S/c1-15-9(8(10)13-14-15)18(16,17)12-6-2-5-11-7-3-4-7/h7,11-12H,2-6H2,1H3. The van der Waals surface area contributed by atoms with E-state index in [0.29, 0.717) is 12.6 Å². The van der Waals surface area contributed by atoms with Crippen LogP contribution in [0.4, 0.5) is 0 Å². The molecular formula is C9H16BrN5O2S. The molecule has 1 aromatic rings. The van der Waals surface area contributed by atoms with Crippen LogP contribution in [0, 0.1) is 0 Å². The highest BCUT2D eigenvalue weighted by Gasteiger charge is 2.23. The van der Waals surface area contributed by atoms with Crippen LogP contribution in [-0.4, -0.2) is 42.5 Å². The highest BCUT2D eigenvalue weighted by molar-refractivity contribution is 9.10. The molecule has 2 rings (SSSR count). The van der Waals surface area contributed by atoms with Crippen LogP contribution in [0.2, 0.25) is 0 Å². The van der Waals surface area contributed by atoms with Gasteiger partial charge in [-0.25, -0.2) is 17.8 Å². The first-order chi connectivity index (χ1) is 8.50. The van der Waals surface area contributed by atoms with Gasteiger partial charge in [0, 0.05) is 19.6 Å². The Balaban J connectivity index is 1.83. The van der Waals surface area contributed by atoms with E-state index in [4.69, 9.17) is 0 Å². The van der Waals surface area contributed by atoms with Crippen molar-refractivity contribution in [3.05, 3.63) is 4.60 Å². The summed E-state index contributed by atoms with van der Waals surface area (Å²) in [7, 11) is -2.01. The van der Waals surface area contributed by atoms with Gasteiger partial charge in [0.25, 0.3) is 10.0 Å². The van der Waals surface area contributed by atoms with E-state index < -0.39 is 10.0 Å². The Kier molecular flexibility index (Phi) is 4.36. The molecule has 1 aromatic heterocycles. The van der Waals surface area contributed by atoms with Crippen molar-refractivity contribution in [3.63, 3.8) is 0 Å². The summed E-state index contributed by atoms with van der Waals surface area (Å²) in [6.45, 7) is 1.23. The molecule has 0 atom stereocenters. The highest BCUT2D eigenvalue weighted by Crippen LogP contribution is 2.18. The van der Waals surface area contributed by atoms with Crippen molar-refractivity contribution in [1.82, 2.24) is 25.0 Å². The number of nitrogens with zero attached hydrogens (tertiary/aromatic N) is 3. The maximum atomic E-state index is 12.0. The molecule has 2 N–H and O–H groups in total. The third-order valence-electron chi connectivity index (χ3n) is 2.65. The number of hydrogen-bond donors (Lipinski definition) is 2. The zero-order valence-corrected chi connectivity index (χ0v) is 12.5. The maximum absolute atomic E-state index is 12.0. The number of aryl methyl sites for hydroxylation is 1. The fourth-order valence-electron chi connectivity index (χ4n) is 1.56. The molecule has 1 saturated carbocycles. The van der Waals surface area contributed by atoms with E-state index in [1.54, 1.807) is 7.05 Å². The van der Waals surface area contributed by atoms with E-state index in [2.05, 4.69) is 36.3 Å². The summed E-state index contributed by atoms with van der Waals surface area (Å²) < 4.78 is 28.0. The van der Waals surface area contributed by atoms with Gasteiger partial charge in [-0.2, -0.15) is 0 Å². The Morgan fingerprint density at radius 2 is 2.17 bits per heavy atom. The van der Waals surface area contributed by atoms with E-state index in [1.165, 1.54) is 17.5 Å². The van der Waals surface area contributed by atoms with E-state index in [-0.39, 0.29) is 9.63 Å². The molecule has 0 amide bonds. The zero-order chi connectivity index (χ0) is 13.2. The van der Waals surface area contributed by atoms with E-state index in [1.807, 2.05) is 0 Å². The van der Waals surface area contributed by atoms with Crippen LogP contribution in [0.1, 0.15) is 19.3 Å². The second-order valence-corrected chi connectivity index (χ2v) is 6.72. The summed E-state index contributed by atoms with van der Waals surface area (Å²) in [5, 5.41) is 10.7. The summed E-state index contributed by atoms with van der Waals surface area (Å²) in [5.74, 6) is 0. The monoisotopic (exact) mass is 337 g/mol. The van der Waals surface area contributed by atoms with Gasteiger partial charge in [0.2, 0.25) is 5.03 Å². The minimum atomic E-state index is -3.55. The van der Waals surface area contributed by atoms with Crippen molar-refractivity contribution < 1.29 is 8.42 Å². The average Bonchev–Trinajstić information content (AvgIpc) is 3.04. The summed E-state index contributed by atoms with van der Waals surface area (Å²) >= 11 is 3.08. The van der Waals surface area contributed by atoms with Crippen LogP contribution >= 0.6 is 15.9 Å². The molecule has 102 valence electrons.